The first kappa shape index (κ1) is 50.8. The molecule has 0 spiro atoms. The summed E-state index contributed by atoms with van der Waals surface area (Å²) in [6.07, 6.45) is -9.15. The van der Waals surface area contributed by atoms with E-state index in [1.54, 1.807) is 30.3 Å². The van der Waals surface area contributed by atoms with E-state index in [1.807, 2.05) is 0 Å². The molecule has 2 fully saturated rings. The third kappa shape index (κ3) is 16.7. The van der Waals surface area contributed by atoms with Crippen molar-refractivity contribution in [3.63, 3.8) is 0 Å². The number of azide groups is 1. The number of aliphatic hydroxyl groups is 3. The van der Waals surface area contributed by atoms with Crippen LogP contribution in [0.15, 0.2) is 40.4 Å². The first-order valence-corrected chi connectivity index (χ1v) is 20.0. The van der Waals surface area contributed by atoms with E-state index in [0.717, 1.165) is 0 Å². The second-order valence-corrected chi connectivity index (χ2v) is 14.8. The van der Waals surface area contributed by atoms with Gasteiger partial charge in [0.05, 0.1) is 6.42 Å². The number of carboxylic acids is 1. The number of ether oxygens (including phenoxy) is 1. The van der Waals surface area contributed by atoms with Gasteiger partial charge in [0, 0.05) is 31.0 Å². The molecule has 0 saturated carbocycles. The Kier molecular flexibility index (Phi) is 20.4. The minimum absolute atomic E-state index is 0.0442. The van der Waals surface area contributed by atoms with Crippen molar-refractivity contribution < 1.29 is 63.5 Å². The van der Waals surface area contributed by atoms with Gasteiger partial charge < -0.3 is 73.8 Å². The van der Waals surface area contributed by atoms with E-state index in [0.29, 0.717) is 5.56 Å². The highest BCUT2D eigenvalue weighted by molar-refractivity contribution is 5.98. The van der Waals surface area contributed by atoms with Crippen LogP contribution in [0.5, 0.6) is 0 Å². The Morgan fingerprint density at radius 2 is 1.37 bits per heavy atom. The van der Waals surface area contributed by atoms with Crippen molar-refractivity contribution in [1.29, 1.82) is 0 Å². The van der Waals surface area contributed by atoms with Gasteiger partial charge in [-0.05, 0) is 50.1 Å². The van der Waals surface area contributed by atoms with Gasteiger partial charge in [-0.25, -0.2) is 0 Å². The third-order valence-corrected chi connectivity index (χ3v) is 9.86. The molecule has 2 aliphatic heterocycles. The van der Waals surface area contributed by atoms with Crippen molar-refractivity contribution in [3.05, 3.63) is 46.3 Å². The predicted octanol–water partition coefficient (Wildman–Crippen LogP) is -5.22. The molecule has 0 aromatic heterocycles. The zero-order chi connectivity index (χ0) is 46.6. The van der Waals surface area contributed by atoms with Gasteiger partial charge in [0.1, 0.15) is 61.2 Å². The lowest BCUT2D eigenvalue weighted by Crippen LogP contribution is -2.63. The molecule has 1 aromatic rings. The van der Waals surface area contributed by atoms with Crippen molar-refractivity contribution in [1.82, 2.24) is 37.2 Å². The van der Waals surface area contributed by atoms with E-state index < -0.39 is 128 Å². The number of hydrogen-bond acceptors (Lipinski definition) is 14. The molecule has 10 atom stereocenters. The summed E-state index contributed by atoms with van der Waals surface area (Å²) in [4.78, 5) is 111. The number of rotatable bonds is 18. The molecule has 3 rings (SSSR count). The fraction of sp³-hybridized carbons (Fsp3) is 0.595. The molecule has 0 aliphatic carbocycles. The highest BCUT2D eigenvalue weighted by Crippen LogP contribution is 2.21. The molecule has 2 aliphatic rings. The normalized spacial score (nSPS) is 27.0. The van der Waals surface area contributed by atoms with Crippen molar-refractivity contribution in [2.45, 2.75) is 113 Å². The summed E-state index contributed by atoms with van der Waals surface area (Å²) in [5.41, 5.74) is 19.8. The van der Waals surface area contributed by atoms with Gasteiger partial charge in [-0.1, -0.05) is 35.4 Å². The fourth-order valence-corrected chi connectivity index (χ4v) is 6.47. The van der Waals surface area contributed by atoms with Crippen LogP contribution in [0, 0.1) is 0 Å². The number of carbonyl (C=O) groups excluding carboxylic acids is 7. The molecule has 26 heteroatoms. The van der Waals surface area contributed by atoms with Crippen LogP contribution in [0.1, 0.15) is 51.0 Å². The van der Waals surface area contributed by atoms with Gasteiger partial charge in [0.25, 0.3) is 5.91 Å². The van der Waals surface area contributed by atoms with E-state index in [2.05, 4.69) is 52.2 Å². The smallest absolute Gasteiger partial charge is 0.305 e. The number of amides is 7. The maximum absolute atomic E-state index is 14.0. The van der Waals surface area contributed by atoms with Crippen LogP contribution in [0.4, 0.5) is 0 Å². The number of nitrogens with one attached hydrogen (secondary N) is 7. The molecule has 26 nitrogen and oxygen atoms in total. The molecule has 2 heterocycles. The molecule has 2 unspecified atom stereocenters. The molecule has 7 amide bonds. The van der Waals surface area contributed by atoms with E-state index in [4.69, 9.17) is 21.7 Å². The molecule has 2 saturated heterocycles. The minimum atomic E-state index is -1.87. The van der Waals surface area contributed by atoms with Gasteiger partial charge in [-0.15, -0.1) is 0 Å². The Morgan fingerprint density at radius 1 is 0.778 bits per heavy atom. The number of aliphatic carboxylic acids is 1. The predicted molar refractivity (Wildman–Crippen MR) is 218 cm³/mol. The number of hydrogen-bond donors (Lipinski definition) is 13. The van der Waals surface area contributed by atoms with Gasteiger partial charge in [-0.3, -0.25) is 43.3 Å². The number of carboxylic acid groups (broad SMARTS) is 1. The quantitative estimate of drug-likeness (QED) is 0.0164. The number of aliphatic hydroxyl groups excluding tert-OH is 3. The Balaban J connectivity index is 1.83. The average molecular weight is 890 g/mol. The second-order valence-electron chi connectivity index (χ2n) is 14.8. The number of carbonyl (C=O) groups is 8. The summed E-state index contributed by atoms with van der Waals surface area (Å²) in [6, 6.07) is 1.34. The van der Waals surface area contributed by atoms with Gasteiger partial charge in [-0.2, -0.15) is 0 Å². The highest BCUT2D eigenvalue weighted by atomic mass is 16.5. The van der Waals surface area contributed by atoms with Crippen LogP contribution in [0.3, 0.4) is 0 Å². The van der Waals surface area contributed by atoms with Crippen molar-refractivity contribution in [3.8, 4) is 0 Å². The number of unbranched alkanes of at least 4 members (excludes halogenated alkanes) is 1. The zero-order valence-electron chi connectivity index (χ0n) is 34.3. The molecule has 0 radical (unpaired) electrons. The van der Waals surface area contributed by atoms with E-state index in [1.165, 1.54) is 6.92 Å². The van der Waals surface area contributed by atoms with Crippen molar-refractivity contribution >= 4 is 53.3 Å². The number of nitrogens with two attached hydrogens (primary N) is 2. The number of benzene rings is 1. The van der Waals surface area contributed by atoms with E-state index >= 15 is 0 Å². The summed E-state index contributed by atoms with van der Waals surface area (Å²) in [7, 11) is 0. The van der Waals surface area contributed by atoms with Crippen LogP contribution >= 0.6 is 0 Å². The largest absolute Gasteiger partial charge is 0.481 e. The number of guanidine groups is 1. The van der Waals surface area contributed by atoms with Crippen LogP contribution in [-0.2, 0) is 49.5 Å². The van der Waals surface area contributed by atoms with Crippen molar-refractivity contribution in [2.75, 3.05) is 26.2 Å². The number of nitrogens with zero attached hydrogens (tertiary/aromatic N) is 4. The lowest BCUT2D eigenvalue weighted by molar-refractivity contribution is -0.219. The zero-order valence-corrected chi connectivity index (χ0v) is 34.3. The van der Waals surface area contributed by atoms with Gasteiger partial charge >= 0.3 is 5.97 Å². The Bertz CT molecular complexity index is 1860. The Labute approximate surface area is 360 Å². The first-order chi connectivity index (χ1) is 29.9. The van der Waals surface area contributed by atoms with E-state index in [-0.39, 0.29) is 57.6 Å². The number of aliphatic imine (C=N–C) groups is 1. The van der Waals surface area contributed by atoms with Crippen LogP contribution < -0.4 is 48.7 Å². The fourth-order valence-electron chi connectivity index (χ4n) is 6.47. The SMILES string of the molecule is C[C@@H]1NC(=O)[C@H](CCCN=C(N)N)NC(=O)[C@H](CCCCNC(=O)C2O[C@H](CNC(=O)CN=[N+]=[N-])[C@H](O)C(O)[C@@H]2O)NC(=O)[C@@H](Cc2ccccc2)NC(=O)[C@H](CC(=O)O)NC1=O. The molecule has 63 heavy (non-hydrogen) atoms. The summed E-state index contributed by atoms with van der Waals surface area (Å²) in [6.45, 7) is 0.289. The standard InChI is InChI=1S/C37H55N13O13/c1-18-31(57)48-23(15-26(52)53)35(61)49-22(14-19-8-3-2-4-9-19)34(60)47-20(33(59)46-21(32(58)45-18)11-7-13-42-37(38)39)10-5-6-12-41-36(62)30-29(56)28(55)27(54)24(63-30)16-43-25(51)17-44-50-40/h2-4,8-9,18,20-24,27-30,54-56H,5-7,10-17H2,1H3,(H,41,62)(H,43,51)(H,45,58)(H,46,59)(H,47,60)(H,48,57)(H,49,61)(H,52,53)(H4,38,39,42)/t18-,20-,21-,22+,23-,24+,27-,28?,29-,30?/m0/s1. The highest BCUT2D eigenvalue weighted by Gasteiger charge is 2.46. The molecule has 1 aromatic carbocycles. The first-order valence-electron chi connectivity index (χ1n) is 20.0. The van der Waals surface area contributed by atoms with Crippen LogP contribution in [0.25, 0.3) is 10.4 Å². The minimum Gasteiger partial charge on any atom is -0.481 e. The maximum Gasteiger partial charge on any atom is 0.305 e. The lowest BCUT2D eigenvalue weighted by atomic mass is 9.94. The van der Waals surface area contributed by atoms with Gasteiger partial charge in [0.15, 0.2) is 12.1 Å². The molecule has 15 N–H and O–H groups in total. The lowest BCUT2D eigenvalue weighted by Gasteiger charge is -2.39. The van der Waals surface area contributed by atoms with Crippen LogP contribution in [-0.4, -0.2) is 161 Å². The van der Waals surface area contributed by atoms with Gasteiger partial charge in [0.2, 0.25) is 35.4 Å². The topological polar surface area (TPSA) is 424 Å². The third-order valence-electron chi connectivity index (χ3n) is 9.86. The summed E-state index contributed by atoms with van der Waals surface area (Å²) in [5.74, 6) is -7.78. The Hall–Kier alpha value is -6.60. The summed E-state index contributed by atoms with van der Waals surface area (Å²) < 4.78 is 5.51. The van der Waals surface area contributed by atoms with Crippen LogP contribution in [0.2, 0.25) is 0 Å². The molecular formula is C37H55N13O13. The second kappa shape index (κ2) is 25.4. The monoisotopic (exact) mass is 889 g/mol. The molecular weight excluding hydrogens is 834 g/mol. The van der Waals surface area contributed by atoms with Crippen molar-refractivity contribution in [2.24, 2.45) is 21.6 Å². The van der Waals surface area contributed by atoms with E-state index in [9.17, 15) is 58.8 Å². The average Bonchev–Trinajstić information content (AvgIpc) is 3.24. The summed E-state index contributed by atoms with van der Waals surface area (Å²) >= 11 is 0. The molecule has 0 bridgehead atoms. The Morgan fingerprint density at radius 3 is 2.00 bits per heavy atom. The summed E-state index contributed by atoms with van der Waals surface area (Å²) in [5, 5.41) is 61.2. The maximum atomic E-state index is 14.0. The molecule has 346 valence electrons.